The van der Waals surface area contributed by atoms with Crippen molar-refractivity contribution >= 4 is 5.69 Å². The lowest BCUT2D eigenvalue weighted by molar-refractivity contribution is 0.121. The molecule has 2 heterocycles. The van der Waals surface area contributed by atoms with Crippen molar-refractivity contribution in [3.8, 4) is 0 Å². The summed E-state index contributed by atoms with van der Waals surface area (Å²) in [6, 6.07) is 9.89. The highest BCUT2D eigenvalue weighted by atomic mass is 15.4. The molecule has 2 fully saturated rings. The minimum absolute atomic E-state index is 0.697. The first kappa shape index (κ1) is 10.9. The van der Waals surface area contributed by atoms with Gasteiger partial charge in [0, 0.05) is 24.8 Å². The number of hydrogen-bond acceptors (Lipinski definition) is 2. The van der Waals surface area contributed by atoms with Crippen molar-refractivity contribution in [2.75, 3.05) is 11.4 Å². The first-order valence-electron chi connectivity index (χ1n) is 7.54. The number of benzene rings is 1. The largest absolute Gasteiger partial charge is 0.355 e. The minimum atomic E-state index is 0.697. The first-order chi connectivity index (χ1) is 8.93. The monoisotopic (exact) mass is 242 g/mol. The quantitative estimate of drug-likeness (QED) is 0.745. The minimum Gasteiger partial charge on any atom is -0.355 e. The second-order valence-electron chi connectivity index (χ2n) is 6.06. The Bertz CT molecular complexity index is 436. The van der Waals surface area contributed by atoms with Crippen LogP contribution in [0.1, 0.15) is 44.1 Å². The van der Waals surface area contributed by atoms with Gasteiger partial charge in [0.15, 0.2) is 0 Å². The van der Waals surface area contributed by atoms with Crippen LogP contribution in [0.5, 0.6) is 0 Å². The van der Waals surface area contributed by atoms with E-state index in [2.05, 4.69) is 34.1 Å². The van der Waals surface area contributed by atoms with Crippen LogP contribution in [-0.2, 0) is 6.54 Å². The van der Waals surface area contributed by atoms with E-state index in [-0.39, 0.29) is 0 Å². The molecule has 1 aromatic carbocycles. The summed E-state index contributed by atoms with van der Waals surface area (Å²) in [6.07, 6.45) is 9.15. The third kappa shape index (κ3) is 1.58. The Balaban J connectivity index is 1.70. The van der Waals surface area contributed by atoms with Gasteiger partial charge in [-0.1, -0.05) is 31.0 Å². The van der Waals surface area contributed by atoms with Crippen molar-refractivity contribution in [1.82, 2.24) is 4.90 Å². The van der Waals surface area contributed by atoms with Crippen LogP contribution in [0.3, 0.4) is 0 Å². The van der Waals surface area contributed by atoms with E-state index in [9.17, 15) is 0 Å². The summed E-state index contributed by atoms with van der Waals surface area (Å²) in [5.41, 5.74) is 3.05. The Kier molecular flexibility index (Phi) is 2.58. The zero-order valence-electron chi connectivity index (χ0n) is 11.0. The van der Waals surface area contributed by atoms with Crippen LogP contribution in [-0.4, -0.2) is 23.7 Å². The van der Waals surface area contributed by atoms with E-state index in [0.29, 0.717) is 6.17 Å². The fourth-order valence-corrected chi connectivity index (χ4v) is 4.21. The van der Waals surface area contributed by atoms with Gasteiger partial charge in [-0.25, -0.2) is 0 Å². The number of rotatable bonds is 1. The van der Waals surface area contributed by atoms with Crippen LogP contribution >= 0.6 is 0 Å². The third-order valence-electron chi connectivity index (χ3n) is 5.05. The van der Waals surface area contributed by atoms with Gasteiger partial charge < -0.3 is 4.90 Å². The smallest absolute Gasteiger partial charge is 0.0826 e. The molecule has 0 aromatic heterocycles. The number of fused-ring (bicyclic) bond motifs is 3. The first-order valence-corrected chi connectivity index (χ1v) is 7.54. The van der Waals surface area contributed by atoms with Crippen LogP contribution in [0, 0.1) is 0 Å². The Labute approximate surface area is 110 Å². The summed E-state index contributed by atoms with van der Waals surface area (Å²) in [7, 11) is 0. The molecule has 1 aromatic rings. The van der Waals surface area contributed by atoms with Crippen molar-refractivity contribution < 1.29 is 0 Å². The molecule has 1 saturated carbocycles. The normalized spacial score (nSPS) is 28.4. The molecule has 0 spiro atoms. The molecule has 4 rings (SSSR count). The third-order valence-corrected chi connectivity index (χ3v) is 5.05. The zero-order chi connectivity index (χ0) is 11.9. The number of hydrogen-bond donors (Lipinski definition) is 0. The highest BCUT2D eigenvalue weighted by Gasteiger charge is 2.39. The Morgan fingerprint density at radius 1 is 0.944 bits per heavy atom. The molecule has 1 atom stereocenters. The summed E-state index contributed by atoms with van der Waals surface area (Å²) < 4.78 is 0. The SMILES string of the molecule is c1ccc2c(c1)CN(C1CCCC1)C1CCCN21. The zero-order valence-corrected chi connectivity index (χ0v) is 11.0. The lowest BCUT2D eigenvalue weighted by Gasteiger charge is -2.45. The molecule has 96 valence electrons. The number of para-hydroxylation sites is 1. The van der Waals surface area contributed by atoms with Crippen LogP contribution in [0.15, 0.2) is 24.3 Å². The van der Waals surface area contributed by atoms with Crippen LogP contribution in [0.2, 0.25) is 0 Å². The van der Waals surface area contributed by atoms with E-state index in [0.717, 1.165) is 6.04 Å². The molecule has 3 aliphatic rings. The van der Waals surface area contributed by atoms with Crippen molar-refractivity contribution in [1.29, 1.82) is 0 Å². The summed E-state index contributed by atoms with van der Waals surface area (Å²) in [5.74, 6) is 0. The molecule has 2 nitrogen and oxygen atoms in total. The molecule has 0 radical (unpaired) electrons. The molecular weight excluding hydrogens is 220 g/mol. The van der Waals surface area contributed by atoms with E-state index < -0.39 is 0 Å². The molecule has 2 aliphatic heterocycles. The predicted octanol–water partition coefficient (Wildman–Crippen LogP) is 3.37. The van der Waals surface area contributed by atoms with Crippen LogP contribution in [0.25, 0.3) is 0 Å². The van der Waals surface area contributed by atoms with Crippen molar-refractivity contribution in [2.24, 2.45) is 0 Å². The second kappa shape index (κ2) is 4.27. The van der Waals surface area contributed by atoms with Gasteiger partial charge in [0.05, 0.1) is 6.17 Å². The molecule has 1 saturated heterocycles. The van der Waals surface area contributed by atoms with Gasteiger partial charge >= 0.3 is 0 Å². The highest BCUT2D eigenvalue weighted by Crippen LogP contribution is 2.39. The van der Waals surface area contributed by atoms with Gasteiger partial charge in [0.2, 0.25) is 0 Å². The Morgan fingerprint density at radius 3 is 2.67 bits per heavy atom. The van der Waals surface area contributed by atoms with Crippen molar-refractivity contribution in [2.45, 2.75) is 57.3 Å². The van der Waals surface area contributed by atoms with Gasteiger partial charge in [-0.2, -0.15) is 0 Å². The molecule has 18 heavy (non-hydrogen) atoms. The van der Waals surface area contributed by atoms with Gasteiger partial charge in [0.1, 0.15) is 0 Å². The van der Waals surface area contributed by atoms with Gasteiger partial charge in [0.25, 0.3) is 0 Å². The summed E-state index contributed by atoms with van der Waals surface area (Å²) in [4.78, 5) is 5.47. The lowest BCUT2D eigenvalue weighted by Crippen LogP contribution is -2.51. The fourth-order valence-electron chi connectivity index (χ4n) is 4.21. The highest BCUT2D eigenvalue weighted by molar-refractivity contribution is 5.56. The average Bonchev–Trinajstić information content (AvgIpc) is 3.09. The summed E-state index contributed by atoms with van der Waals surface area (Å²) in [6.45, 7) is 2.44. The fraction of sp³-hybridized carbons (Fsp3) is 0.625. The van der Waals surface area contributed by atoms with Crippen molar-refractivity contribution in [3.05, 3.63) is 29.8 Å². The molecule has 0 N–H and O–H groups in total. The van der Waals surface area contributed by atoms with Crippen LogP contribution < -0.4 is 4.90 Å². The topological polar surface area (TPSA) is 6.48 Å². The van der Waals surface area contributed by atoms with E-state index in [1.165, 1.54) is 57.3 Å². The summed E-state index contributed by atoms with van der Waals surface area (Å²) in [5, 5.41) is 0. The van der Waals surface area contributed by atoms with E-state index >= 15 is 0 Å². The van der Waals surface area contributed by atoms with Crippen molar-refractivity contribution in [3.63, 3.8) is 0 Å². The maximum Gasteiger partial charge on any atom is 0.0826 e. The molecule has 2 heteroatoms. The summed E-state index contributed by atoms with van der Waals surface area (Å²) >= 11 is 0. The van der Waals surface area contributed by atoms with E-state index in [1.54, 1.807) is 5.56 Å². The Hall–Kier alpha value is -1.02. The maximum absolute atomic E-state index is 2.81. The number of nitrogens with zero attached hydrogens (tertiary/aromatic N) is 2. The van der Waals surface area contributed by atoms with Gasteiger partial charge in [-0.15, -0.1) is 0 Å². The maximum atomic E-state index is 2.81. The van der Waals surface area contributed by atoms with E-state index in [1.807, 2.05) is 0 Å². The van der Waals surface area contributed by atoms with Crippen LogP contribution in [0.4, 0.5) is 5.69 Å². The molecule has 1 unspecified atom stereocenters. The second-order valence-corrected chi connectivity index (χ2v) is 6.06. The molecule has 0 amide bonds. The number of anilines is 1. The average molecular weight is 242 g/mol. The molecule has 1 aliphatic carbocycles. The molecular formula is C16H22N2. The lowest BCUT2D eigenvalue weighted by atomic mass is 10.0. The molecule has 0 bridgehead atoms. The standard InChI is InChI=1S/C16H22N2/c1-4-9-15-13(6-1)12-18(14-7-2-3-8-14)16-10-5-11-17(15)16/h1,4,6,9,14,16H,2-3,5,7-8,10-12H2. The Morgan fingerprint density at radius 2 is 1.78 bits per heavy atom. The van der Waals surface area contributed by atoms with Gasteiger partial charge in [-0.05, 0) is 37.3 Å². The predicted molar refractivity (Wildman–Crippen MR) is 74.6 cm³/mol. The van der Waals surface area contributed by atoms with E-state index in [4.69, 9.17) is 0 Å². The van der Waals surface area contributed by atoms with Gasteiger partial charge in [-0.3, -0.25) is 4.90 Å².